The van der Waals surface area contributed by atoms with Crippen molar-refractivity contribution < 1.29 is 18.3 Å². The van der Waals surface area contributed by atoms with Crippen molar-refractivity contribution in [2.24, 2.45) is 0 Å². The van der Waals surface area contributed by atoms with Crippen LogP contribution in [0.5, 0.6) is 0 Å². The summed E-state index contributed by atoms with van der Waals surface area (Å²) < 4.78 is 24.7. The molecular weight excluding hydrogens is 290 g/mol. The number of hydrogen-bond acceptors (Lipinski definition) is 4. The minimum atomic E-state index is -3.44. The van der Waals surface area contributed by atoms with E-state index in [2.05, 4.69) is 11.8 Å². The quantitative estimate of drug-likeness (QED) is 0.870. The Bertz CT molecular complexity index is 612. The molecule has 0 amide bonds. The third kappa shape index (κ3) is 3.83. The lowest BCUT2D eigenvalue weighted by Crippen LogP contribution is -2.33. The summed E-state index contributed by atoms with van der Waals surface area (Å²) in [5, 5.41) is 8.94. The van der Waals surface area contributed by atoms with Gasteiger partial charge < -0.3 is 5.11 Å². The average molecular weight is 311 g/mol. The van der Waals surface area contributed by atoms with Crippen molar-refractivity contribution in [1.29, 1.82) is 0 Å². The number of carbonyl (C=O) groups is 1. The first-order valence-corrected chi connectivity index (χ1v) is 8.89. The molecule has 1 aromatic rings. The predicted octanol–water partition coefficient (Wildman–Crippen LogP) is 2.03. The Morgan fingerprint density at radius 2 is 2.19 bits per heavy atom. The van der Waals surface area contributed by atoms with Crippen LogP contribution in [-0.4, -0.2) is 49.3 Å². The average Bonchev–Trinajstić information content (AvgIpc) is 2.93. The number of carboxylic acids is 1. The van der Waals surface area contributed by atoms with Crippen molar-refractivity contribution in [2.75, 3.05) is 18.8 Å². The molecule has 21 heavy (non-hydrogen) atoms. The Morgan fingerprint density at radius 3 is 2.86 bits per heavy atom. The SMILES string of the molecule is CCC1CCCN1CCS(=O)(=O)c1cccc(C(=O)O)c1. The third-order valence-corrected chi connectivity index (χ3v) is 5.75. The van der Waals surface area contributed by atoms with Crippen LogP contribution >= 0.6 is 0 Å². The summed E-state index contributed by atoms with van der Waals surface area (Å²) in [6, 6.07) is 6.04. The van der Waals surface area contributed by atoms with Gasteiger partial charge in [-0.15, -0.1) is 0 Å². The fraction of sp³-hybridized carbons (Fsp3) is 0.533. The standard InChI is InChI=1S/C15H21NO4S/c1-2-13-6-4-8-16(13)9-10-21(19,20)14-7-3-5-12(11-14)15(17)18/h3,5,7,11,13H,2,4,6,8-10H2,1H3,(H,17,18). The number of benzene rings is 1. The zero-order chi connectivity index (χ0) is 15.5. The summed E-state index contributed by atoms with van der Waals surface area (Å²) >= 11 is 0. The van der Waals surface area contributed by atoms with Gasteiger partial charge in [0, 0.05) is 12.6 Å². The van der Waals surface area contributed by atoms with Gasteiger partial charge in [-0.25, -0.2) is 13.2 Å². The molecule has 1 unspecified atom stereocenters. The molecule has 0 spiro atoms. The van der Waals surface area contributed by atoms with Crippen molar-refractivity contribution in [3.8, 4) is 0 Å². The normalized spacial score (nSPS) is 19.8. The van der Waals surface area contributed by atoms with Crippen molar-refractivity contribution in [3.05, 3.63) is 29.8 Å². The zero-order valence-corrected chi connectivity index (χ0v) is 13.0. The predicted molar refractivity (Wildman–Crippen MR) is 80.3 cm³/mol. The summed E-state index contributed by atoms with van der Waals surface area (Å²) in [7, 11) is -3.44. The molecule has 6 heteroatoms. The number of carboxylic acid groups (broad SMARTS) is 1. The van der Waals surface area contributed by atoms with Gasteiger partial charge in [-0.1, -0.05) is 13.0 Å². The van der Waals surface area contributed by atoms with Crippen LogP contribution in [0.25, 0.3) is 0 Å². The molecule has 116 valence electrons. The third-order valence-electron chi connectivity index (χ3n) is 4.06. The van der Waals surface area contributed by atoms with E-state index in [1.54, 1.807) is 0 Å². The molecule has 0 aromatic heterocycles. The minimum absolute atomic E-state index is 0.00341. The number of rotatable bonds is 6. The Morgan fingerprint density at radius 1 is 1.43 bits per heavy atom. The molecule has 0 saturated carbocycles. The highest BCUT2D eigenvalue weighted by Crippen LogP contribution is 2.20. The molecule has 5 nitrogen and oxygen atoms in total. The van der Waals surface area contributed by atoms with E-state index in [1.807, 2.05) is 0 Å². The first-order chi connectivity index (χ1) is 9.94. The molecule has 0 aliphatic carbocycles. The first kappa shape index (κ1) is 16.0. The zero-order valence-electron chi connectivity index (χ0n) is 12.2. The van der Waals surface area contributed by atoms with Crippen molar-refractivity contribution >= 4 is 15.8 Å². The lowest BCUT2D eigenvalue weighted by atomic mass is 10.2. The van der Waals surface area contributed by atoms with Gasteiger partial charge in [0.25, 0.3) is 0 Å². The lowest BCUT2D eigenvalue weighted by molar-refractivity contribution is 0.0696. The van der Waals surface area contributed by atoms with Crippen LogP contribution in [0.1, 0.15) is 36.5 Å². The second-order valence-electron chi connectivity index (χ2n) is 5.39. The van der Waals surface area contributed by atoms with Crippen LogP contribution in [0, 0.1) is 0 Å². The van der Waals surface area contributed by atoms with E-state index >= 15 is 0 Å². The second kappa shape index (κ2) is 6.58. The number of hydrogen-bond donors (Lipinski definition) is 1. The molecule has 1 atom stereocenters. The summed E-state index contributed by atoms with van der Waals surface area (Å²) in [5.41, 5.74) is 0.00341. The van der Waals surface area contributed by atoms with Crippen LogP contribution in [0.3, 0.4) is 0 Å². The summed E-state index contributed by atoms with van der Waals surface area (Å²) in [6.07, 6.45) is 3.28. The van der Waals surface area contributed by atoms with Crippen LogP contribution in [0.4, 0.5) is 0 Å². The monoisotopic (exact) mass is 311 g/mol. The van der Waals surface area contributed by atoms with Gasteiger partial charge in [0.1, 0.15) is 0 Å². The molecule has 1 saturated heterocycles. The van der Waals surface area contributed by atoms with E-state index in [1.165, 1.54) is 24.3 Å². The summed E-state index contributed by atoms with van der Waals surface area (Å²) in [5.74, 6) is -1.08. The van der Waals surface area contributed by atoms with Crippen molar-refractivity contribution in [1.82, 2.24) is 4.90 Å². The maximum Gasteiger partial charge on any atom is 0.335 e. The minimum Gasteiger partial charge on any atom is -0.478 e. The largest absolute Gasteiger partial charge is 0.478 e. The Hall–Kier alpha value is -1.40. The number of likely N-dealkylation sites (tertiary alicyclic amines) is 1. The highest BCUT2D eigenvalue weighted by atomic mass is 32.2. The fourth-order valence-electron chi connectivity index (χ4n) is 2.83. The highest BCUT2D eigenvalue weighted by Gasteiger charge is 2.25. The molecule has 1 aromatic carbocycles. The van der Waals surface area contributed by atoms with E-state index in [-0.39, 0.29) is 16.2 Å². The van der Waals surface area contributed by atoms with Gasteiger partial charge >= 0.3 is 5.97 Å². The molecule has 2 rings (SSSR count). The molecule has 1 aliphatic heterocycles. The van der Waals surface area contributed by atoms with Gasteiger partial charge in [0.15, 0.2) is 9.84 Å². The van der Waals surface area contributed by atoms with Gasteiger partial charge in [-0.05, 0) is 44.0 Å². The molecule has 0 radical (unpaired) electrons. The van der Waals surface area contributed by atoms with E-state index in [0.717, 1.165) is 25.8 Å². The van der Waals surface area contributed by atoms with E-state index in [0.29, 0.717) is 12.6 Å². The first-order valence-electron chi connectivity index (χ1n) is 7.24. The van der Waals surface area contributed by atoms with Crippen LogP contribution in [0.2, 0.25) is 0 Å². The number of sulfone groups is 1. The second-order valence-corrected chi connectivity index (χ2v) is 7.50. The Kier molecular flexibility index (Phi) is 5.00. The highest BCUT2D eigenvalue weighted by molar-refractivity contribution is 7.91. The Balaban J connectivity index is 2.08. The number of nitrogens with zero attached hydrogens (tertiary/aromatic N) is 1. The molecule has 1 heterocycles. The van der Waals surface area contributed by atoms with E-state index < -0.39 is 15.8 Å². The summed E-state index contributed by atoms with van der Waals surface area (Å²) in [4.78, 5) is 13.2. The van der Waals surface area contributed by atoms with Crippen LogP contribution in [-0.2, 0) is 9.84 Å². The summed E-state index contributed by atoms with van der Waals surface area (Å²) in [6.45, 7) is 3.58. The molecule has 1 N–H and O–H groups in total. The molecule has 1 fully saturated rings. The fourth-order valence-corrected chi connectivity index (χ4v) is 4.13. The van der Waals surface area contributed by atoms with Crippen LogP contribution in [0.15, 0.2) is 29.2 Å². The van der Waals surface area contributed by atoms with Crippen molar-refractivity contribution in [2.45, 2.75) is 37.1 Å². The maximum atomic E-state index is 12.3. The topological polar surface area (TPSA) is 74.7 Å². The van der Waals surface area contributed by atoms with E-state index in [4.69, 9.17) is 5.11 Å². The van der Waals surface area contributed by atoms with Crippen molar-refractivity contribution in [3.63, 3.8) is 0 Å². The maximum absolute atomic E-state index is 12.3. The van der Waals surface area contributed by atoms with Gasteiger partial charge in [-0.3, -0.25) is 4.90 Å². The lowest BCUT2D eigenvalue weighted by Gasteiger charge is -2.22. The van der Waals surface area contributed by atoms with Gasteiger partial charge in [0.2, 0.25) is 0 Å². The molecular formula is C15H21NO4S. The van der Waals surface area contributed by atoms with Gasteiger partial charge in [0.05, 0.1) is 16.2 Å². The van der Waals surface area contributed by atoms with Gasteiger partial charge in [-0.2, -0.15) is 0 Å². The molecule has 0 bridgehead atoms. The van der Waals surface area contributed by atoms with Crippen LogP contribution < -0.4 is 0 Å². The Labute approximate surface area is 125 Å². The van der Waals surface area contributed by atoms with E-state index in [9.17, 15) is 13.2 Å². The number of aromatic carboxylic acids is 1. The smallest absolute Gasteiger partial charge is 0.335 e. The molecule has 1 aliphatic rings.